The van der Waals surface area contributed by atoms with Gasteiger partial charge in [-0.25, -0.2) is 22.1 Å². The van der Waals surface area contributed by atoms with Crippen LogP contribution in [-0.4, -0.2) is 4.57 Å². The second-order valence-corrected chi connectivity index (χ2v) is 10.4. The molecule has 7 rings (SSSR count). The third-order valence-corrected chi connectivity index (χ3v) is 7.61. The fourth-order valence-electron chi connectivity index (χ4n) is 5.74. The van der Waals surface area contributed by atoms with Gasteiger partial charge < -0.3 is 9.80 Å². The molecule has 45 heavy (non-hydrogen) atoms. The molecule has 1 heterocycles. The van der Waals surface area contributed by atoms with Gasteiger partial charge in [0.15, 0.2) is 6.19 Å². The third kappa shape index (κ3) is 5.11. The van der Waals surface area contributed by atoms with Crippen molar-refractivity contribution in [3.8, 4) is 6.19 Å². The minimum absolute atomic E-state index is 0.449. The number of benzene rings is 6. The minimum Gasteiger partial charge on any atom is -0.310 e. The van der Waals surface area contributed by atoms with Gasteiger partial charge in [-0.3, -0.25) is 0 Å². The molecule has 0 unspecified atom stereocenters. The molecule has 4 nitrogen and oxygen atoms in total. The smallest absolute Gasteiger partial charge is 0.189 e. The largest absolute Gasteiger partial charge is 0.310 e. The molecule has 0 fully saturated rings. The van der Waals surface area contributed by atoms with Gasteiger partial charge in [-0.1, -0.05) is 24.3 Å². The molecule has 0 amide bonds. The van der Waals surface area contributed by atoms with E-state index >= 15 is 0 Å². The molecule has 0 radical (unpaired) electrons. The molecule has 0 aliphatic carbocycles. The SMILES string of the molecule is N#Cn1c2ccc(N(c3cccc(F)c3)c3cccc(F)c3)cc2c2cc(N(c3cccc(F)c3)c3cccc(F)c3)ccc21. The van der Waals surface area contributed by atoms with E-state index in [1.165, 1.54) is 53.1 Å². The predicted octanol–water partition coefficient (Wildman–Crippen LogP) is 10.6. The van der Waals surface area contributed by atoms with Crippen LogP contribution in [0.2, 0.25) is 0 Å². The molecule has 0 saturated carbocycles. The van der Waals surface area contributed by atoms with E-state index in [0.29, 0.717) is 55.9 Å². The summed E-state index contributed by atoms with van der Waals surface area (Å²) in [6, 6.07) is 34.9. The number of anilines is 6. The zero-order chi connectivity index (χ0) is 31.1. The fourth-order valence-corrected chi connectivity index (χ4v) is 5.74. The van der Waals surface area contributed by atoms with Crippen LogP contribution in [-0.2, 0) is 0 Å². The summed E-state index contributed by atoms with van der Waals surface area (Å²) in [5.41, 5.74) is 4.37. The van der Waals surface area contributed by atoms with E-state index in [4.69, 9.17) is 0 Å². The minimum atomic E-state index is -0.449. The van der Waals surface area contributed by atoms with E-state index in [0.717, 1.165) is 0 Å². The van der Waals surface area contributed by atoms with Crippen molar-refractivity contribution < 1.29 is 17.6 Å². The van der Waals surface area contributed by atoms with Gasteiger partial charge in [0.25, 0.3) is 0 Å². The number of hydrogen-bond acceptors (Lipinski definition) is 3. The molecule has 1 aromatic heterocycles. The summed E-state index contributed by atoms with van der Waals surface area (Å²) in [7, 11) is 0. The summed E-state index contributed by atoms with van der Waals surface area (Å²) < 4.78 is 59.1. The monoisotopic (exact) mass is 598 g/mol. The second-order valence-electron chi connectivity index (χ2n) is 10.4. The Morgan fingerprint density at radius 3 is 1.02 bits per heavy atom. The molecular weight excluding hydrogens is 576 g/mol. The standard InChI is InChI=1S/C37H22F4N4/c38-24-5-1-9-28(17-24)44(29-10-2-6-25(39)18-29)32-13-15-36-34(21-32)35-22-33(14-16-37(35)43(36)23-42)45(30-11-3-7-26(40)19-30)31-12-4-8-27(41)20-31/h1-22H. The van der Waals surface area contributed by atoms with Crippen LogP contribution in [0.3, 0.4) is 0 Å². The fraction of sp³-hybridized carbons (Fsp3) is 0. The lowest BCUT2D eigenvalue weighted by atomic mass is 10.1. The van der Waals surface area contributed by atoms with Gasteiger partial charge in [0.05, 0.1) is 11.0 Å². The van der Waals surface area contributed by atoms with Crippen molar-refractivity contribution in [2.75, 3.05) is 9.80 Å². The van der Waals surface area contributed by atoms with Crippen molar-refractivity contribution in [2.24, 2.45) is 0 Å². The first kappa shape index (κ1) is 27.7. The molecule has 218 valence electrons. The summed E-state index contributed by atoms with van der Waals surface area (Å²) in [6.07, 6.45) is 2.24. The first-order chi connectivity index (χ1) is 21.9. The van der Waals surface area contributed by atoms with Crippen LogP contribution < -0.4 is 9.80 Å². The van der Waals surface area contributed by atoms with E-state index in [1.54, 1.807) is 82.6 Å². The summed E-state index contributed by atoms with van der Waals surface area (Å²) in [4.78, 5) is 3.47. The highest BCUT2D eigenvalue weighted by Crippen LogP contribution is 2.42. The number of hydrogen-bond donors (Lipinski definition) is 0. The Morgan fingerprint density at radius 1 is 0.422 bits per heavy atom. The quantitative estimate of drug-likeness (QED) is 0.179. The first-order valence-electron chi connectivity index (χ1n) is 14.0. The second kappa shape index (κ2) is 11.2. The Balaban J connectivity index is 1.47. The van der Waals surface area contributed by atoms with Crippen molar-refractivity contribution in [3.63, 3.8) is 0 Å². The van der Waals surface area contributed by atoms with Crippen LogP contribution >= 0.6 is 0 Å². The van der Waals surface area contributed by atoms with Crippen LogP contribution in [0.1, 0.15) is 0 Å². The molecular formula is C37H22F4N4. The van der Waals surface area contributed by atoms with Crippen LogP contribution in [0.15, 0.2) is 133 Å². The molecule has 0 N–H and O–H groups in total. The van der Waals surface area contributed by atoms with Crippen molar-refractivity contribution >= 4 is 55.9 Å². The van der Waals surface area contributed by atoms with Gasteiger partial charge in [-0.15, -0.1) is 0 Å². The van der Waals surface area contributed by atoms with Crippen LogP contribution in [0, 0.1) is 34.7 Å². The highest BCUT2D eigenvalue weighted by Gasteiger charge is 2.20. The number of halogens is 4. The molecule has 0 spiro atoms. The van der Waals surface area contributed by atoms with Crippen LogP contribution in [0.5, 0.6) is 0 Å². The van der Waals surface area contributed by atoms with Gasteiger partial charge >= 0.3 is 0 Å². The molecule has 7 aromatic rings. The first-order valence-corrected chi connectivity index (χ1v) is 14.0. The van der Waals surface area contributed by atoms with Crippen molar-refractivity contribution in [2.45, 2.75) is 0 Å². The average molecular weight is 599 g/mol. The lowest BCUT2D eigenvalue weighted by Crippen LogP contribution is -2.10. The summed E-state index contributed by atoms with van der Waals surface area (Å²) in [5, 5.41) is 11.5. The lowest BCUT2D eigenvalue weighted by molar-refractivity contribution is 0.626. The number of fused-ring (bicyclic) bond motifs is 3. The molecule has 0 atom stereocenters. The molecule has 8 heteroatoms. The van der Waals surface area contributed by atoms with E-state index in [2.05, 4.69) is 6.19 Å². The lowest BCUT2D eigenvalue weighted by Gasteiger charge is -2.26. The van der Waals surface area contributed by atoms with Gasteiger partial charge in [0.2, 0.25) is 0 Å². The number of aromatic nitrogens is 1. The van der Waals surface area contributed by atoms with E-state index in [-0.39, 0.29) is 0 Å². The maximum Gasteiger partial charge on any atom is 0.189 e. The van der Waals surface area contributed by atoms with E-state index in [1.807, 2.05) is 12.1 Å². The van der Waals surface area contributed by atoms with Crippen LogP contribution in [0.25, 0.3) is 21.8 Å². The Kier molecular flexibility index (Phi) is 6.91. The maximum absolute atomic E-state index is 14.4. The Morgan fingerprint density at radius 2 is 0.733 bits per heavy atom. The zero-order valence-electron chi connectivity index (χ0n) is 23.5. The van der Waals surface area contributed by atoms with Gasteiger partial charge in [0.1, 0.15) is 23.3 Å². The highest BCUT2D eigenvalue weighted by molar-refractivity contribution is 6.11. The topological polar surface area (TPSA) is 35.2 Å². The third-order valence-electron chi connectivity index (χ3n) is 7.61. The summed E-state index contributed by atoms with van der Waals surface area (Å²) in [5.74, 6) is -1.79. The molecule has 6 aromatic carbocycles. The molecule has 0 aliphatic heterocycles. The van der Waals surface area contributed by atoms with Crippen molar-refractivity contribution in [1.82, 2.24) is 4.57 Å². The predicted molar refractivity (Wildman–Crippen MR) is 170 cm³/mol. The average Bonchev–Trinajstić information content (AvgIpc) is 3.34. The Hall–Kier alpha value is -6.07. The number of nitriles is 1. The normalized spacial score (nSPS) is 11.1. The zero-order valence-corrected chi connectivity index (χ0v) is 23.5. The Labute approximate surface area is 255 Å². The summed E-state index contributed by atoms with van der Waals surface area (Å²) >= 11 is 0. The number of rotatable bonds is 6. The van der Waals surface area contributed by atoms with Gasteiger partial charge in [0, 0.05) is 44.9 Å². The van der Waals surface area contributed by atoms with E-state index in [9.17, 15) is 22.8 Å². The number of nitrogens with zero attached hydrogens (tertiary/aromatic N) is 4. The molecule has 0 aliphatic rings. The Bertz CT molecular complexity index is 2030. The van der Waals surface area contributed by atoms with Crippen molar-refractivity contribution in [1.29, 1.82) is 5.26 Å². The van der Waals surface area contributed by atoms with Gasteiger partial charge in [-0.2, -0.15) is 5.26 Å². The molecule has 0 bridgehead atoms. The van der Waals surface area contributed by atoms with E-state index < -0.39 is 23.3 Å². The van der Waals surface area contributed by atoms with Gasteiger partial charge in [-0.05, 0) is 109 Å². The van der Waals surface area contributed by atoms with Crippen LogP contribution in [0.4, 0.5) is 51.7 Å². The van der Waals surface area contributed by atoms with Crippen molar-refractivity contribution in [3.05, 3.63) is 157 Å². The summed E-state index contributed by atoms with van der Waals surface area (Å²) in [6.45, 7) is 0. The maximum atomic E-state index is 14.4. The molecule has 0 saturated heterocycles. The highest BCUT2D eigenvalue weighted by atomic mass is 19.1.